The van der Waals surface area contributed by atoms with Crippen LogP contribution in [0, 0.1) is 28.9 Å². The van der Waals surface area contributed by atoms with Gasteiger partial charge < -0.3 is 39.1 Å². The van der Waals surface area contributed by atoms with Crippen molar-refractivity contribution in [3.8, 4) is 5.75 Å². The number of amides is 6. The molecular formula is C47H56BF2N5O11. The van der Waals surface area contributed by atoms with Crippen LogP contribution in [0.15, 0.2) is 60.7 Å². The van der Waals surface area contributed by atoms with Crippen LogP contribution in [0.4, 0.5) is 24.1 Å². The summed E-state index contributed by atoms with van der Waals surface area (Å²) < 4.78 is 62.9. The van der Waals surface area contributed by atoms with Gasteiger partial charge in [-0.05, 0) is 100 Å². The number of carbonyl (C=O) groups excluding carboxylic acids is 6. The van der Waals surface area contributed by atoms with E-state index >= 15 is 8.78 Å². The van der Waals surface area contributed by atoms with Gasteiger partial charge in [0.05, 0.1) is 30.3 Å². The summed E-state index contributed by atoms with van der Waals surface area (Å²) in [6, 6.07) is 11.6. The van der Waals surface area contributed by atoms with Gasteiger partial charge in [-0.2, -0.15) is 0 Å². The minimum atomic E-state index is -2.19. The number of piperazine rings is 1. The summed E-state index contributed by atoms with van der Waals surface area (Å²) in [4.78, 5) is 82.6. The molecule has 16 nitrogen and oxygen atoms in total. The molecule has 3 N–H and O–H groups in total. The fourth-order valence-electron chi connectivity index (χ4n) is 9.72. The van der Waals surface area contributed by atoms with E-state index in [2.05, 4.69) is 29.8 Å². The minimum absolute atomic E-state index is 0.0178. The van der Waals surface area contributed by atoms with Crippen molar-refractivity contribution in [1.82, 2.24) is 20.4 Å². The Morgan fingerprint density at radius 2 is 1.64 bits per heavy atom. The highest BCUT2D eigenvalue weighted by molar-refractivity contribution is 6.48. The highest BCUT2D eigenvalue weighted by Crippen LogP contribution is 2.65. The average molecular weight is 916 g/mol. The summed E-state index contributed by atoms with van der Waals surface area (Å²) in [7, 11) is 0.216. The Balaban J connectivity index is 1.23. The molecule has 66 heavy (non-hydrogen) atoms. The van der Waals surface area contributed by atoms with E-state index in [-0.39, 0.29) is 67.1 Å². The molecule has 19 heteroatoms. The number of benzene rings is 3. The van der Waals surface area contributed by atoms with Gasteiger partial charge in [-0.15, -0.1) is 0 Å². The van der Waals surface area contributed by atoms with Gasteiger partial charge in [0.1, 0.15) is 41.2 Å². The first-order valence-electron chi connectivity index (χ1n) is 22.1. The van der Waals surface area contributed by atoms with E-state index in [0.29, 0.717) is 28.4 Å². The zero-order valence-electron chi connectivity index (χ0n) is 38.3. The number of carbonyl (C=O) groups is 6. The van der Waals surface area contributed by atoms with E-state index in [1.165, 1.54) is 18.1 Å². The fourth-order valence-corrected chi connectivity index (χ4v) is 9.72. The molecule has 5 fully saturated rings. The van der Waals surface area contributed by atoms with Crippen LogP contribution in [0.3, 0.4) is 0 Å². The second-order valence-corrected chi connectivity index (χ2v) is 18.9. The van der Waals surface area contributed by atoms with Crippen LogP contribution < -0.4 is 20.7 Å². The molecule has 352 valence electrons. The molecule has 2 bridgehead atoms. The molecule has 5 aliphatic rings. The van der Waals surface area contributed by atoms with E-state index in [0.717, 1.165) is 18.6 Å². The second-order valence-electron chi connectivity index (χ2n) is 18.9. The number of halogens is 2. The Morgan fingerprint density at radius 3 is 2.27 bits per heavy atom. The Hall–Kier alpha value is -6.08. The number of esters is 1. The predicted molar refractivity (Wildman–Crippen MR) is 236 cm³/mol. The topological polar surface area (TPSA) is 191 Å². The van der Waals surface area contributed by atoms with Crippen LogP contribution >= 0.6 is 0 Å². The summed E-state index contributed by atoms with van der Waals surface area (Å²) >= 11 is 0. The number of ether oxygens (including phenoxy) is 3. The highest BCUT2D eigenvalue weighted by Gasteiger charge is 2.68. The van der Waals surface area contributed by atoms with Gasteiger partial charge in [0, 0.05) is 25.3 Å². The number of methoxy groups -OCH3 is 1. The molecule has 0 aromatic heterocycles. The van der Waals surface area contributed by atoms with Gasteiger partial charge in [-0.3, -0.25) is 24.6 Å². The van der Waals surface area contributed by atoms with Crippen LogP contribution in [-0.4, -0.2) is 103 Å². The summed E-state index contributed by atoms with van der Waals surface area (Å²) in [5.41, 5.74) is -1.82. The number of urea groups is 1. The molecule has 3 aromatic carbocycles. The number of nitrogens with zero attached hydrogens (tertiary/aromatic N) is 2. The van der Waals surface area contributed by atoms with E-state index in [4.69, 9.17) is 23.5 Å². The van der Waals surface area contributed by atoms with Crippen molar-refractivity contribution in [2.75, 3.05) is 32.1 Å². The Bertz CT molecular complexity index is 2380. The lowest BCUT2D eigenvalue weighted by Gasteiger charge is -2.64. The second kappa shape index (κ2) is 18.7. The van der Waals surface area contributed by atoms with Gasteiger partial charge in [-0.25, -0.2) is 23.2 Å². The van der Waals surface area contributed by atoms with E-state index in [1.807, 2.05) is 6.92 Å². The normalized spacial score (nSPS) is 22.9. The smallest absolute Gasteiger partial charge is 0.482 e. The minimum Gasteiger partial charge on any atom is -0.496 e. The number of para-hydroxylation sites is 1. The molecule has 6 amide bonds. The summed E-state index contributed by atoms with van der Waals surface area (Å²) in [6.07, 6.45) is 0.0748. The van der Waals surface area contributed by atoms with Crippen LogP contribution in [-0.2, 0) is 46.2 Å². The maximum atomic E-state index is 16.4. The SMILES string of the molecule is CCN1CCN(C(=O)NC(C(=O)N[C@@H](Cc2cccc(C(=O)OC(C)(C)C)c2OC)B2O[C@@H]3C[C@@H]4C[C@@H](C4(C)C)[C@]3(C)O2)c2c(F)cc(NC(=O)OCc3ccccc3)cc2F)C(=O)C1=O. The number of hydrogen-bond acceptors (Lipinski definition) is 11. The predicted octanol–water partition coefficient (Wildman–Crippen LogP) is 6.11. The van der Waals surface area contributed by atoms with Crippen LogP contribution in [0.25, 0.3) is 0 Å². The van der Waals surface area contributed by atoms with Crippen molar-refractivity contribution in [3.63, 3.8) is 0 Å². The maximum Gasteiger partial charge on any atom is 0.482 e. The van der Waals surface area contributed by atoms with Crippen molar-refractivity contribution >= 4 is 48.6 Å². The highest BCUT2D eigenvalue weighted by atomic mass is 19.1. The third kappa shape index (κ3) is 9.59. The van der Waals surface area contributed by atoms with Crippen molar-refractivity contribution in [2.24, 2.45) is 17.3 Å². The number of imide groups is 1. The number of hydrogen-bond donors (Lipinski definition) is 3. The average Bonchev–Trinajstić information content (AvgIpc) is 3.62. The summed E-state index contributed by atoms with van der Waals surface area (Å²) in [5, 5.41) is 7.39. The monoisotopic (exact) mass is 915 g/mol. The molecule has 2 aliphatic heterocycles. The zero-order chi connectivity index (χ0) is 47.9. The molecule has 8 rings (SSSR count). The van der Waals surface area contributed by atoms with Gasteiger partial charge >= 0.3 is 37.0 Å². The lowest BCUT2D eigenvalue weighted by Crippen LogP contribution is -2.65. The zero-order valence-corrected chi connectivity index (χ0v) is 38.3. The summed E-state index contributed by atoms with van der Waals surface area (Å²) in [5.74, 6) is -7.26. The Morgan fingerprint density at radius 1 is 0.939 bits per heavy atom. The molecule has 3 aliphatic carbocycles. The quantitative estimate of drug-likeness (QED) is 0.102. The Labute approximate surface area is 382 Å². The number of nitrogens with one attached hydrogen (secondary N) is 3. The molecule has 0 radical (unpaired) electrons. The molecular weight excluding hydrogens is 859 g/mol. The first-order valence-corrected chi connectivity index (χ1v) is 22.1. The Kier molecular flexibility index (Phi) is 13.5. The molecule has 2 saturated heterocycles. The van der Waals surface area contributed by atoms with Crippen molar-refractivity contribution in [2.45, 2.75) is 104 Å². The van der Waals surface area contributed by atoms with E-state index < -0.39 is 83.3 Å². The molecule has 1 unspecified atom stereocenters. The summed E-state index contributed by atoms with van der Waals surface area (Å²) in [6.45, 7) is 12.9. The lowest BCUT2D eigenvalue weighted by molar-refractivity contribution is -0.199. The molecule has 0 spiro atoms. The lowest BCUT2D eigenvalue weighted by atomic mass is 9.43. The number of likely N-dealkylation sites (N-methyl/N-ethyl adjacent to an activating group) is 1. The number of rotatable bonds is 13. The molecule has 3 aromatic rings. The van der Waals surface area contributed by atoms with Crippen LogP contribution in [0.5, 0.6) is 5.75 Å². The third-order valence-electron chi connectivity index (χ3n) is 13.3. The largest absolute Gasteiger partial charge is 0.496 e. The van der Waals surface area contributed by atoms with Gasteiger partial charge in [0.25, 0.3) is 0 Å². The first-order chi connectivity index (χ1) is 31.1. The third-order valence-corrected chi connectivity index (χ3v) is 13.3. The first kappa shape index (κ1) is 47.9. The van der Waals surface area contributed by atoms with Crippen molar-refractivity contribution in [1.29, 1.82) is 0 Å². The van der Waals surface area contributed by atoms with E-state index in [1.54, 1.807) is 70.2 Å². The van der Waals surface area contributed by atoms with Gasteiger partial charge in [-0.1, -0.05) is 56.3 Å². The van der Waals surface area contributed by atoms with Crippen LogP contribution in [0.1, 0.15) is 94.4 Å². The van der Waals surface area contributed by atoms with Gasteiger partial charge in [0.2, 0.25) is 5.91 Å². The van der Waals surface area contributed by atoms with Crippen molar-refractivity contribution < 1.29 is 61.1 Å². The van der Waals surface area contributed by atoms with Crippen molar-refractivity contribution in [3.05, 3.63) is 94.6 Å². The maximum absolute atomic E-state index is 16.4. The molecule has 2 heterocycles. The van der Waals surface area contributed by atoms with E-state index in [9.17, 15) is 28.8 Å². The fraction of sp³-hybridized carbons (Fsp3) is 0.489. The van der Waals surface area contributed by atoms with Gasteiger partial charge in [0.15, 0.2) is 0 Å². The number of anilines is 1. The van der Waals surface area contributed by atoms with Crippen LogP contribution in [0.2, 0.25) is 0 Å². The molecule has 3 saturated carbocycles. The molecule has 6 atom stereocenters. The standard InChI is InChI=1S/C47H56BF2N5O11/c1-9-54-18-19-55(41(58)40(54)57)43(60)53-37(36-31(49)23-29(24-32(36)50)51-44(61)63-25-26-14-11-10-12-15-26)39(56)52-35(48-65-34-22-28-21-33(46(28,5)6)47(34,7)66-48)20-27-16-13-17-30(38(27)62-8)42(59)64-45(2,3)4/h10-17,23-24,28,33-35,37H,9,18-22,25H2,1-8H3,(H,51,61)(H,52,56)(H,53,60)/t28-,33-,34+,35-,37?,47-/m0/s1.